The first-order chi connectivity index (χ1) is 9.76. The zero-order valence-corrected chi connectivity index (χ0v) is 11.6. The number of rotatable bonds is 4. The fourth-order valence-corrected chi connectivity index (χ4v) is 2.16. The van der Waals surface area contributed by atoms with E-state index in [9.17, 15) is 0 Å². The number of anilines is 1. The maximum Gasteiger partial charge on any atom is 0.161 e. The van der Waals surface area contributed by atoms with Gasteiger partial charge < -0.3 is 14.4 Å². The predicted molar refractivity (Wildman–Crippen MR) is 76.4 cm³/mol. The van der Waals surface area contributed by atoms with Gasteiger partial charge in [0.1, 0.15) is 6.10 Å². The molecule has 1 fully saturated rings. The van der Waals surface area contributed by atoms with E-state index in [-0.39, 0.29) is 6.10 Å². The number of hydrogen-bond acceptors (Lipinski definition) is 5. The van der Waals surface area contributed by atoms with Crippen molar-refractivity contribution in [3.8, 4) is 11.5 Å². The zero-order chi connectivity index (χ0) is 13.9. The predicted octanol–water partition coefficient (Wildman–Crippen LogP) is 2.06. The van der Waals surface area contributed by atoms with Gasteiger partial charge in [0.15, 0.2) is 17.3 Å². The Kier molecular flexibility index (Phi) is 3.41. The molecule has 1 aromatic carbocycles. The normalized spacial score (nSPS) is 14.8. The highest BCUT2D eigenvalue weighted by Crippen LogP contribution is 2.29. The summed E-state index contributed by atoms with van der Waals surface area (Å²) in [5.41, 5.74) is 0.927. The maximum absolute atomic E-state index is 5.93. The van der Waals surface area contributed by atoms with E-state index >= 15 is 0 Å². The van der Waals surface area contributed by atoms with E-state index in [1.54, 1.807) is 7.11 Å². The van der Waals surface area contributed by atoms with Gasteiger partial charge in [-0.1, -0.05) is 12.1 Å². The number of methoxy groups -OCH3 is 1. The molecule has 0 atom stereocenters. The first kappa shape index (κ1) is 12.7. The van der Waals surface area contributed by atoms with E-state index < -0.39 is 0 Å². The van der Waals surface area contributed by atoms with Crippen molar-refractivity contribution >= 4 is 5.82 Å². The lowest BCUT2D eigenvalue weighted by Crippen LogP contribution is -2.54. The number of aryl methyl sites for hydroxylation is 1. The second kappa shape index (κ2) is 5.36. The van der Waals surface area contributed by atoms with Crippen molar-refractivity contribution < 1.29 is 9.47 Å². The maximum atomic E-state index is 5.93. The van der Waals surface area contributed by atoms with Gasteiger partial charge in [-0.3, -0.25) is 0 Å². The highest BCUT2D eigenvalue weighted by atomic mass is 16.5. The number of ether oxygens (including phenoxy) is 2. The van der Waals surface area contributed by atoms with Crippen LogP contribution in [0, 0.1) is 6.92 Å². The molecule has 1 aliphatic rings. The molecule has 1 aromatic heterocycles. The summed E-state index contributed by atoms with van der Waals surface area (Å²) in [6.07, 6.45) is 0.161. The molecule has 0 N–H and O–H groups in total. The second-order valence-electron chi connectivity index (χ2n) is 4.83. The lowest BCUT2D eigenvalue weighted by Gasteiger charge is -2.39. The van der Waals surface area contributed by atoms with Crippen LogP contribution < -0.4 is 14.4 Å². The van der Waals surface area contributed by atoms with Crippen LogP contribution >= 0.6 is 0 Å². The van der Waals surface area contributed by atoms with Gasteiger partial charge in [-0.15, -0.1) is 5.10 Å². The molecule has 1 aliphatic heterocycles. The lowest BCUT2D eigenvalue weighted by atomic mass is 10.1. The van der Waals surface area contributed by atoms with E-state index in [4.69, 9.17) is 9.47 Å². The third-order valence-corrected chi connectivity index (χ3v) is 3.32. The summed E-state index contributed by atoms with van der Waals surface area (Å²) in [7, 11) is 1.65. The fourth-order valence-electron chi connectivity index (χ4n) is 2.16. The van der Waals surface area contributed by atoms with Crippen LogP contribution in [0.4, 0.5) is 5.82 Å². The molecule has 0 saturated carbocycles. The topological polar surface area (TPSA) is 47.5 Å². The molecular weight excluding hydrogens is 254 g/mol. The van der Waals surface area contributed by atoms with Crippen molar-refractivity contribution in [2.24, 2.45) is 0 Å². The summed E-state index contributed by atoms with van der Waals surface area (Å²) in [6.45, 7) is 3.56. The SMILES string of the molecule is COc1ccccc1OC1CN(c2ccc(C)nn2)C1. The van der Waals surface area contributed by atoms with Gasteiger partial charge in [0, 0.05) is 0 Å². The second-order valence-corrected chi connectivity index (χ2v) is 4.83. The third kappa shape index (κ3) is 2.52. The minimum absolute atomic E-state index is 0.161. The first-order valence-electron chi connectivity index (χ1n) is 6.61. The molecule has 0 bridgehead atoms. The van der Waals surface area contributed by atoms with Crippen LogP contribution in [0.3, 0.4) is 0 Å². The molecule has 1 saturated heterocycles. The minimum Gasteiger partial charge on any atom is -0.493 e. The highest BCUT2D eigenvalue weighted by molar-refractivity contribution is 5.43. The summed E-state index contributed by atoms with van der Waals surface area (Å²) < 4.78 is 11.2. The molecule has 5 nitrogen and oxygen atoms in total. The van der Waals surface area contributed by atoms with Crippen molar-refractivity contribution in [1.29, 1.82) is 0 Å². The summed E-state index contributed by atoms with van der Waals surface area (Å²) in [4.78, 5) is 2.15. The zero-order valence-electron chi connectivity index (χ0n) is 11.6. The summed E-state index contributed by atoms with van der Waals surface area (Å²) in [6, 6.07) is 11.7. The van der Waals surface area contributed by atoms with Crippen molar-refractivity contribution in [3.05, 3.63) is 42.1 Å². The average Bonchev–Trinajstić information content (AvgIpc) is 2.44. The van der Waals surface area contributed by atoms with Crippen LogP contribution in [0.15, 0.2) is 36.4 Å². The molecule has 0 radical (unpaired) electrons. The largest absolute Gasteiger partial charge is 0.493 e. The number of aromatic nitrogens is 2. The molecule has 0 unspecified atom stereocenters. The molecule has 0 amide bonds. The molecule has 0 spiro atoms. The van der Waals surface area contributed by atoms with Crippen LogP contribution in [-0.4, -0.2) is 36.5 Å². The fraction of sp³-hybridized carbons (Fsp3) is 0.333. The van der Waals surface area contributed by atoms with Crippen molar-refractivity contribution in [2.75, 3.05) is 25.1 Å². The minimum atomic E-state index is 0.161. The quantitative estimate of drug-likeness (QED) is 0.852. The standard InChI is InChI=1S/C15H17N3O2/c1-11-7-8-15(17-16-11)18-9-12(10-18)20-14-6-4-3-5-13(14)19-2/h3-8,12H,9-10H2,1-2H3. The Balaban J connectivity index is 1.59. The average molecular weight is 271 g/mol. The van der Waals surface area contributed by atoms with E-state index in [1.165, 1.54) is 0 Å². The first-order valence-corrected chi connectivity index (χ1v) is 6.61. The third-order valence-electron chi connectivity index (χ3n) is 3.32. The smallest absolute Gasteiger partial charge is 0.161 e. The van der Waals surface area contributed by atoms with Crippen LogP contribution in [0.1, 0.15) is 5.69 Å². The number of hydrogen-bond donors (Lipinski definition) is 0. The van der Waals surface area contributed by atoms with Crippen molar-refractivity contribution in [1.82, 2.24) is 10.2 Å². The van der Waals surface area contributed by atoms with Gasteiger partial charge in [-0.25, -0.2) is 0 Å². The van der Waals surface area contributed by atoms with E-state index in [0.29, 0.717) is 0 Å². The Labute approximate surface area is 118 Å². The molecule has 104 valence electrons. The Morgan fingerprint density at radius 3 is 2.45 bits per heavy atom. The van der Waals surface area contributed by atoms with Crippen LogP contribution in [0.2, 0.25) is 0 Å². The number of para-hydroxylation sites is 2. The van der Waals surface area contributed by atoms with Crippen LogP contribution in [-0.2, 0) is 0 Å². The van der Waals surface area contributed by atoms with E-state index in [0.717, 1.165) is 36.1 Å². The molecule has 3 rings (SSSR count). The molecule has 0 aliphatic carbocycles. The monoisotopic (exact) mass is 271 g/mol. The van der Waals surface area contributed by atoms with Gasteiger partial charge in [0.25, 0.3) is 0 Å². The van der Waals surface area contributed by atoms with Crippen molar-refractivity contribution in [2.45, 2.75) is 13.0 Å². The van der Waals surface area contributed by atoms with E-state index in [1.807, 2.05) is 43.3 Å². The van der Waals surface area contributed by atoms with Gasteiger partial charge >= 0.3 is 0 Å². The van der Waals surface area contributed by atoms with Gasteiger partial charge in [0.2, 0.25) is 0 Å². The molecule has 5 heteroatoms. The highest BCUT2D eigenvalue weighted by Gasteiger charge is 2.30. The Bertz CT molecular complexity index is 580. The Morgan fingerprint density at radius 2 is 1.80 bits per heavy atom. The van der Waals surface area contributed by atoms with Crippen molar-refractivity contribution in [3.63, 3.8) is 0 Å². The van der Waals surface area contributed by atoms with Crippen LogP contribution in [0.25, 0.3) is 0 Å². The summed E-state index contributed by atoms with van der Waals surface area (Å²) in [5.74, 6) is 2.45. The molecule has 20 heavy (non-hydrogen) atoms. The summed E-state index contributed by atoms with van der Waals surface area (Å²) in [5, 5.41) is 8.24. The van der Waals surface area contributed by atoms with Gasteiger partial charge in [0.05, 0.1) is 25.9 Å². The lowest BCUT2D eigenvalue weighted by molar-refractivity contribution is 0.160. The van der Waals surface area contributed by atoms with Crippen LogP contribution in [0.5, 0.6) is 11.5 Å². The van der Waals surface area contributed by atoms with Gasteiger partial charge in [-0.2, -0.15) is 5.10 Å². The number of nitrogens with zero attached hydrogens (tertiary/aromatic N) is 3. The number of benzene rings is 1. The molecule has 2 heterocycles. The Hall–Kier alpha value is -2.30. The Morgan fingerprint density at radius 1 is 1.05 bits per heavy atom. The summed E-state index contributed by atoms with van der Waals surface area (Å²) >= 11 is 0. The van der Waals surface area contributed by atoms with Gasteiger partial charge in [-0.05, 0) is 31.2 Å². The molecule has 2 aromatic rings. The molecular formula is C15H17N3O2. The van der Waals surface area contributed by atoms with E-state index in [2.05, 4.69) is 15.1 Å².